The highest BCUT2D eigenvalue weighted by molar-refractivity contribution is 5.87. The maximum Gasteiger partial charge on any atom is 0.305 e. The molecule has 0 aromatic heterocycles. The summed E-state index contributed by atoms with van der Waals surface area (Å²) >= 11 is 0. The molecule has 0 aromatic carbocycles. The van der Waals surface area contributed by atoms with Crippen molar-refractivity contribution in [3.8, 4) is 0 Å². The Bertz CT molecular complexity index is 309. The van der Waals surface area contributed by atoms with Crippen LogP contribution in [0.25, 0.3) is 0 Å². The van der Waals surface area contributed by atoms with E-state index in [4.69, 9.17) is 10.8 Å². The molecule has 5 nitrogen and oxygen atoms in total. The van der Waals surface area contributed by atoms with Crippen molar-refractivity contribution in [1.82, 2.24) is 5.32 Å². The van der Waals surface area contributed by atoms with Crippen LogP contribution >= 0.6 is 0 Å². The van der Waals surface area contributed by atoms with Crippen LogP contribution in [0.1, 0.15) is 40.0 Å². The van der Waals surface area contributed by atoms with Crippen molar-refractivity contribution in [3.05, 3.63) is 0 Å². The van der Waals surface area contributed by atoms with Crippen LogP contribution in [0.2, 0.25) is 0 Å². The van der Waals surface area contributed by atoms with Crippen molar-refractivity contribution in [2.75, 3.05) is 0 Å². The molecule has 0 bridgehead atoms. The molecule has 2 atom stereocenters. The van der Waals surface area contributed by atoms with E-state index in [0.717, 1.165) is 12.8 Å². The zero-order chi connectivity index (χ0) is 13.2. The van der Waals surface area contributed by atoms with Crippen molar-refractivity contribution in [2.24, 2.45) is 17.6 Å². The number of hydrogen-bond donors (Lipinski definition) is 3. The predicted octanol–water partition coefficient (Wildman–Crippen LogP) is 0.729. The molecular weight excluding hydrogens is 220 g/mol. The Labute approximate surface area is 102 Å². The van der Waals surface area contributed by atoms with Gasteiger partial charge in [-0.15, -0.1) is 0 Å². The molecule has 4 N–H and O–H groups in total. The highest BCUT2D eigenvalue weighted by atomic mass is 16.4. The van der Waals surface area contributed by atoms with E-state index in [2.05, 4.69) is 5.32 Å². The summed E-state index contributed by atoms with van der Waals surface area (Å²) in [6, 6.07) is -0.360. The zero-order valence-electron chi connectivity index (χ0n) is 10.7. The first kappa shape index (κ1) is 14.0. The average molecular weight is 242 g/mol. The fourth-order valence-corrected chi connectivity index (χ4v) is 1.83. The second kappa shape index (κ2) is 5.04. The molecule has 0 spiro atoms. The molecule has 17 heavy (non-hydrogen) atoms. The minimum Gasteiger partial charge on any atom is -0.481 e. The SMILES string of the molecule is CC(C)C(CC(=O)O)NC(=O)C(C)(N)C1CC1. The summed E-state index contributed by atoms with van der Waals surface area (Å²) in [7, 11) is 0. The van der Waals surface area contributed by atoms with E-state index in [1.807, 2.05) is 13.8 Å². The number of hydrogen-bond acceptors (Lipinski definition) is 3. The predicted molar refractivity (Wildman–Crippen MR) is 64.3 cm³/mol. The van der Waals surface area contributed by atoms with Crippen LogP contribution in [0.3, 0.4) is 0 Å². The lowest BCUT2D eigenvalue weighted by Gasteiger charge is -2.28. The lowest BCUT2D eigenvalue weighted by Crippen LogP contribution is -2.56. The van der Waals surface area contributed by atoms with Crippen molar-refractivity contribution in [1.29, 1.82) is 0 Å². The first-order valence-corrected chi connectivity index (χ1v) is 6.06. The molecule has 5 heteroatoms. The van der Waals surface area contributed by atoms with E-state index < -0.39 is 11.5 Å². The standard InChI is InChI=1S/C12H22N2O3/c1-7(2)9(6-10(15)16)14-11(17)12(3,13)8-4-5-8/h7-9H,4-6,13H2,1-3H3,(H,14,17)(H,15,16). The van der Waals surface area contributed by atoms with E-state index in [1.165, 1.54) is 0 Å². The number of amides is 1. The van der Waals surface area contributed by atoms with Crippen LogP contribution in [0.4, 0.5) is 0 Å². The first-order valence-electron chi connectivity index (χ1n) is 6.06. The van der Waals surface area contributed by atoms with Gasteiger partial charge in [0.2, 0.25) is 5.91 Å². The Balaban J connectivity index is 2.60. The van der Waals surface area contributed by atoms with Crippen LogP contribution in [0.5, 0.6) is 0 Å². The number of carboxylic acids is 1. The molecule has 1 aliphatic rings. The molecule has 1 aliphatic carbocycles. The second-order valence-electron chi connectivity index (χ2n) is 5.48. The molecule has 0 heterocycles. The lowest BCUT2D eigenvalue weighted by molar-refractivity contribution is -0.138. The number of nitrogens with one attached hydrogen (secondary N) is 1. The van der Waals surface area contributed by atoms with Gasteiger partial charge in [-0.3, -0.25) is 9.59 Å². The zero-order valence-corrected chi connectivity index (χ0v) is 10.7. The van der Waals surface area contributed by atoms with Gasteiger partial charge in [0.15, 0.2) is 0 Å². The molecule has 1 fully saturated rings. The fourth-order valence-electron chi connectivity index (χ4n) is 1.83. The second-order valence-corrected chi connectivity index (χ2v) is 5.48. The number of nitrogens with two attached hydrogens (primary N) is 1. The number of rotatable bonds is 6. The first-order chi connectivity index (χ1) is 7.75. The van der Waals surface area contributed by atoms with Gasteiger partial charge in [-0.1, -0.05) is 13.8 Å². The number of carbonyl (C=O) groups is 2. The highest BCUT2D eigenvalue weighted by Gasteiger charge is 2.44. The summed E-state index contributed by atoms with van der Waals surface area (Å²) in [5.41, 5.74) is 5.12. The third-order valence-electron chi connectivity index (χ3n) is 3.43. The van der Waals surface area contributed by atoms with Crippen LogP contribution in [-0.4, -0.2) is 28.6 Å². The van der Waals surface area contributed by atoms with Crippen molar-refractivity contribution in [3.63, 3.8) is 0 Å². The van der Waals surface area contributed by atoms with Crippen molar-refractivity contribution >= 4 is 11.9 Å². The monoisotopic (exact) mass is 242 g/mol. The van der Waals surface area contributed by atoms with Gasteiger partial charge in [-0.05, 0) is 31.6 Å². The summed E-state index contributed by atoms with van der Waals surface area (Å²) in [5, 5.41) is 11.6. The topological polar surface area (TPSA) is 92.4 Å². The van der Waals surface area contributed by atoms with Gasteiger partial charge in [0, 0.05) is 6.04 Å². The lowest BCUT2D eigenvalue weighted by atomic mass is 9.93. The molecule has 1 rings (SSSR count). The normalized spacial score (nSPS) is 20.8. The third-order valence-corrected chi connectivity index (χ3v) is 3.43. The minimum absolute atomic E-state index is 0.0653. The van der Waals surface area contributed by atoms with Gasteiger partial charge in [0.1, 0.15) is 0 Å². The van der Waals surface area contributed by atoms with Gasteiger partial charge in [0.05, 0.1) is 12.0 Å². The van der Waals surface area contributed by atoms with E-state index in [9.17, 15) is 9.59 Å². The van der Waals surface area contributed by atoms with Crippen LogP contribution in [-0.2, 0) is 9.59 Å². The Kier molecular flexibility index (Phi) is 4.14. The molecule has 0 saturated heterocycles. The highest BCUT2D eigenvalue weighted by Crippen LogP contribution is 2.38. The van der Waals surface area contributed by atoms with E-state index in [1.54, 1.807) is 6.92 Å². The quantitative estimate of drug-likeness (QED) is 0.640. The van der Waals surface area contributed by atoms with Crippen LogP contribution < -0.4 is 11.1 Å². The third kappa shape index (κ3) is 3.70. The van der Waals surface area contributed by atoms with E-state index in [0.29, 0.717) is 0 Å². The molecule has 98 valence electrons. The Morgan fingerprint density at radius 1 is 1.47 bits per heavy atom. The Morgan fingerprint density at radius 2 is 2.00 bits per heavy atom. The van der Waals surface area contributed by atoms with Gasteiger partial charge in [-0.2, -0.15) is 0 Å². The van der Waals surface area contributed by atoms with Crippen molar-refractivity contribution < 1.29 is 14.7 Å². The molecular formula is C12H22N2O3. The fraction of sp³-hybridized carbons (Fsp3) is 0.833. The average Bonchev–Trinajstić information content (AvgIpc) is 2.98. The van der Waals surface area contributed by atoms with Gasteiger partial charge in [-0.25, -0.2) is 0 Å². The largest absolute Gasteiger partial charge is 0.481 e. The Morgan fingerprint density at radius 3 is 2.35 bits per heavy atom. The molecule has 1 saturated carbocycles. The maximum atomic E-state index is 12.0. The summed E-state index contributed by atoms with van der Waals surface area (Å²) in [6.45, 7) is 5.50. The summed E-state index contributed by atoms with van der Waals surface area (Å²) < 4.78 is 0. The van der Waals surface area contributed by atoms with Crippen LogP contribution in [0.15, 0.2) is 0 Å². The number of carbonyl (C=O) groups excluding carboxylic acids is 1. The smallest absolute Gasteiger partial charge is 0.305 e. The molecule has 1 amide bonds. The van der Waals surface area contributed by atoms with Gasteiger partial charge in [0.25, 0.3) is 0 Å². The minimum atomic E-state index is -0.908. The maximum absolute atomic E-state index is 12.0. The van der Waals surface area contributed by atoms with E-state index >= 15 is 0 Å². The van der Waals surface area contributed by atoms with Crippen molar-refractivity contribution in [2.45, 2.75) is 51.6 Å². The summed E-state index contributed by atoms with van der Waals surface area (Å²) in [4.78, 5) is 22.7. The number of carboxylic acid groups (broad SMARTS) is 1. The van der Waals surface area contributed by atoms with E-state index in [-0.39, 0.29) is 30.2 Å². The molecule has 2 unspecified atom stereocenters. The van der Waals surface area contributed by atoms with Gasteiger partial charge >= 0.3 is 5.97 Å². The summed E-state index contributed by atoms with van der Waals surface area (Å²) in [5.74, 6) is -0.834. The van der Waals surface area contributed by atoms with Gasteiger partial charge < -0.3 is 16.2 Å². The molecule has 0 radical (unpaired) electrons. The number of aliphatic carboxylic acids is 1. The molecule has 0 aliphatic heterocycles. The van der Waals surface area contributed by atoms with Crippen LogP contribution in [0, 0.1) is 11.8 Å². The molecule has 0 aromatic rings. The Hall–Kier alpha value is -1.10. The summed E-state index contributed by atoms with van der Waals surface area (Å²) in [6.07, 6.45) is 1.89.